The van der Waals surface area contributed by atoms with Gasteiger partial charge in [0, 0.05) is 23.5 Å². The van der Waals surface area contributed by atoms with Crippen LogP contribution in [0.5, 0.6) is 0 Å². The molecular weight excluding hydrogens is 397 g/mol. The molecule has 0 aliphatic heterocycles. The monoisotopic (exact) mass is 415 g/mol. The Morgan fingerprint density at radius 1 is 1.03 bits per heavy atom. The van der Waals surface area contributed by atoms with E-state index < -0.39 is 0 Å². The summed E-state index contributed by atoms with van der Waals surface area (Å²) in [5.41, 5.74) is 4.86. The van der Waals surface area contributed by atoms with Gasteiger partial charge in [-0.25, -0.2) is 8.91 Å². The number of hydrogen-bond acceptors (Lipinski definition) is 5. The third-order valence-corrected chi connectivity index (χ3v) is 5.13. The van der Waals surface area contributed by atoms with E-state index >= 15 is 0 Å². The van der Waals surface area contributed by atoms with E-state index in [0.717, 1.165) is 16.8 Å². The average Bonchev–Trinajstić information content (AvgIpc) is 3.38. The predicted molar refractivity (Wildman–Crippen MR) is 113 cm³/mol. The van der Waals surface area contributed by atoms with E-state index in [9.17, 15) is 9.18 Å². The van der Waals surface area contributed by atoms with Gasteiger partial charge in [-0.1, -0.05) is 28.9 Å². The number of halogens is 1. The van der Waals surface area contributed by atoms with Crippen LogP contribution in [0.3, 0.4) is 0 Å². The molecule has 0 saturated heterocycles. The fourth-order valence-corrected chi connectivity index (χ4v) is 3.56. The van der Waals surface area contributed by atoms with E-state index in [4.69, 9.17) is 4.52 Å². The molecule has 0 unspecified atom stereocenters. The normalized spacial score (nSPS) is 11.3. The second-order valence-electron chi connectivity index (χ2n) is 7.43. The first-order valence-electron chi connectivity index (χ1n) is 9.73. The van der Waals surface area contributed by atoms with Crippen molar-refractivity contribution in [1.82, 2.24) is 24.3 Å². The SMILES string of the molecule is Cc1ccc(-c2cc3c(=O)n(Cc4noc(-c5ccc(F)cc5)n4)ccn3n2)c(C)c1. The summed E-state index contributed by atoms with van der Waals surface area (Å²) in [4.78, 5) is 17.3. The van der Waals surface area contributed by atoms with Crippen LogP contribution in [0.2, 0.25) is 0 Å². The molecule has 8 heteroatoms. The van der Waals surface area contributed by atoms with Gasteiger partial charge >= 0.3 is 0 Å². The van der Waals surface area contributed by atoms with E-state index in [1.807, 2.05) is 26.0 Å². The minimum absolute atomic E-state index is 0.143. The van der Waals surface area contributed by atoms with E-state index in [2.05, 4.69) is 21.3 Å². The summed E-state index contributed by atoms with van der Waals surface area (Å²) in [5, 5.41) is 8.50. The first-order chi connectivity index (χ1) is 15.0. The number of hydrogen-bond donors (Lipinski definition) is 0. The lowest BCUT2D eigenvalue weighted by Crippen LogP contribution is -2.22. The molecule has 0 N–H and O–H groups in total. The highest BCUT2D eigenvalue weighted by molar-refractivity contribution is 5.68. The number of rotatable bonds is 4. The van der Waals surface area contributed by atoms with Crippen LogP contribution in [0.25, 0.3) is 28.2 Å². The van der Waals surface area contributed by atoms with Crippen molar-refractivity contribution in [2.24, 2.45) is 0 Å². The van der Waals surface area contributed by atoms with Gasteiger partial charge in [-0.3, -0.25) is 4.79 Å². The summed E-state index contributed by atoms with van der Waals surface area (Å²) in [6, 6.07) is 13.7. The van der Waals surface area contributed by atoms with Gasteiger partial charge in [0.2, 0.25) is 0 Å². The Hall–Kier alpha value is -4.07. The van der Waals surface area contributed by atoms with Gasteiger partial charge in [0.1, 0.15) is 11.3 Å². The van der Waals surface area contributed by atoms with Crippen molar-refractivity contribution in [3.05, 3.63) is 94.0 Å². The Bertz CT molecular complexity index is 1460. The number of benzene rings is 2. The largest absolute Gasteiger partial charge is 0.334 e. The lowest BCUT2D eigenvalue weighted by molar-refractivity contribution is 0.420. The van der Waals surface area contributed by atoms with Gasteiger partial charge in [0.05, 0.1) is 12.2 Å². The number of aryl methyl sites for hydroxylation is 2. The summed E-state index contributed by atoms with van der Waals surface area (Å²) in [7, 11) is 0. The molecule has 5 aromatic rings. The predicted octanol–water partition coefficient (Wildman–Crippen LogP) is 4.02. The lowest BCUT2D eigenvalue weighted by Gasteiger charge is -2.03. The molecule has 0 bridgehead atoms. The third-order valence-electron chi connectivity index (χ3n) is 5.13. The maximum absolute atomic E-state index is 13.1. The van der Waals surface area contributed by atoms with Crippen LogP contribution in [-0.2, 0) is 6.54 Å². The van der Waals surface area contributed by atoms with Gasteiger partial charge < -0.3 is 9.09 Å². The molecule has 2 aromatic carbocycles. The van der Waals surface area contributed by atoms with Gasteiger partial charge in [-0.15, -0.1) is 0 Å². The molecule has 0 saturated carbocycles. The van der Waals surface area contributed by atoms with Crippen LogP contribution in [0.4, 0.5) is 4.39 Å². The number of aromatic nitrogens is 5. The first kappa shape index (κ1) is 18.9. The Balaban J connectivity index is 1.47. The summed E-state index contributed by atoms with van der Waals surface area (Å²) >= 11 is 0. The van der Waals surface area contributed by atoms with Gasteiger partial charge in [-0.05, 0) is 49.7 Å². The molecule has 3 heterocycles. The van der Waals surface area contributed by atoms with Crippen LogP contribution >= 0.6 is 0 Å². The summed E-state index contributed by atoms with van der Waals surface area (Å²) in [6.07, 6.45) is 3.37. The average molecular weight is 415 g/mol. The van der Waals surface area contributed by atoms with Crippen LogP contribution in [0, 0.1) is 19.7 Å². The molecule has 3 aromatic heterocycles. The molecule has 0 fully saturated rings. The van der Waals surface area contributed by atoms with Crippen molar-refractivity contribution in [3.63, 3.8) is 0 Å². The second kappa shape index (κ2) is 7.32. The van der Waals surface area contributed by atoms with Crippen molar-refractivity contribution in [2.75, 3.05) is 0 Å². The Labute approximate surface area is 176 Å². The molecule has 31 heavy (non-hydrogen) atoms. The van der Waals surface area contributed by atoms with Crippen LogP contribution in [0.15, 0.2) is 70.2 Å². The second-order valence-corrected chi connectivity index (χ2v) is 7.43. The lowest BCUT2D eigenvalue weighted by atomic mass is 10.0. The molecule has 5 rings (SSSR count). The van der Waals surface area contributed by atoms with Crippen molar-refractivity contribution < 1.29 is 8.91 Å². The molecule has 0 radical (unpaired) electrons. The molecule has 154 valence electrons. The third kappa shape index (κ3) is 3.52. The zero-order chi connectivity index (χ0) is 21.5. The topological polar surface area (TPSA) is 78.2 Å². The fourth-order valence-electron chi connectivity index (χ4n) is 3.56. The zero-order valence-electron chi connectivity index (χ0n) is 16.9. The fraction of sp³-hybridized carbons (Fsp3) is 0.130. The van der Waals surface area contributed by atoms with Crippen molar-refractivity contribution in [2.45, 2.75) is 20.4 Å². The van der Waals surface area contributed by atoms with Gasteiger partial charge in [-0.2, -0.15) is 10.1 Å². The van der Waals surface area contributed by atoms with Crippen molar-refractivity contribution >= 4 is 5.52 Å². The van der Waals surface area contributed by atoms with Crippen LogP contribution in [0.1, 0.15) is 17.0 Å². The van der Waals surface area contributed by atoms with Crippen molar-refractivity contribution in [1.29, 1.82) is 0 Å². The minimum atomic E-state index is -0.343. The Morgan fingerprint density at radius 2 is 1.84 bits per heavy atom. The summed E-state index contributed by atoms with van der Waals surface area (Å²) in [6.45, 7) is 4.21. The summed E-state index contributed by atoms with van der Waals surface area (Å²) in [5.74, 6) is 0.273. The molecule has 7 nitrogen and oxygen atoms in total. The minimum Gasteiger partial charge on any atom is -0.334 e. The Morgan fingerprint density at radius 3 is 2.61 bits per heavy atom. The molecule has 0 atom stereocenters. The van der Waals surface area contributed by atoms with E-state index in [0.29, 0.717) is 16.9 Å². The first-order valence-corrected chi connectivity index (χ1v) is 9.73. The van der Waals surface area contributed by atoms with Crippen LogP contribution in [-0.4, -0.2) is 24.3 Å². The van der Waals surface area contributed by atoms with E-state index in [-0.39, 0.29) is 23.8 Å². The number of fused-ring (bicyclic) bond motifs is 1. The highest BCUT2D eigenvalue weighted by Crippen LogP contribution is 2.23. The summed E-state index contributed by atoms with van der Waals surface area (Å²) < 4.78 is 21.4. The molecule has 0 aliphatic carbocycles. The highest BCUT2D eigenvalue weighted by Gasteiger charge is 2.14. The highest BCUT2D eigenvalue weighted by atomic mass is 19.1. The zero-order valence-corrected chi connectivity index (χ0v) is 16.9. The quantitative estimate of drug-likeness (QED) is 0.443. The van der Waals surface area contributed by atoms with Gasteiger partial charge in [0.25, 0.3) is 11.4 Å². The van der Waals surface area contributed by atoms with E-state index in [1.54, 1.807) is 35.1 Å². The molecule has 0 amide bonds. The van der Waals surface area contributed by atoms with E-state index in [1.165, 1.54) is 22.3 Å². The maximum Gasteiger partial charge on any atom is 0.277 e. The maximum atomic E-state index is 13.1. The van der Waals surface area contributed by atoms with Gasteiger partial charge in [0.15, 0.2) is 5.82 Å². The smallest absolute Gasteiger partial charge is 0.277 e. The molecular formula is C23H18FN5O2. The number of nitrogens with zero attached hydrogens (tertiary/aromatic N) is 5. The standard InChI is InChI=1S/C23H18FN5O2/c1-14-3-8-18(15(2)11-14)19-12-20-23(30)28(9-10-29(20)26-19)13-21-25-22(31-27-21)16-4-6-17(24)7-5-16/h3-12H,13H2,1-2H3. The Kier molecular flexibility index (Phi) is 4.47. The van der Waals surface area contributed by atoms with Crippen LogP contribution < -0.4 is 5.56 Å². The molecule has 0 aliphatic rings. The molecule has 0 spiro atoms. The van der Waals surface area contributed by atoms with Crippen molar-refractivity contribution in [3.8, 4) is 22.7 Å².